The van der Waals surface area contributed by atoms with E-state index in [2.05, 4.69) is 13.5 Å². The lowest BCUT2D eigenvalue weighted by Crippen LogP contribution is -2.43. The number of carbonyl (C=O) groups excluding carboxylic acids is 1. The Balaban J connectivity index is 4.47. The first-order chi connectivity index (χ1) is 11.4. The molecule has 0 aromatic heterocycles. The second kappa shape index (κ2) is 13.6. The van der Waals surface area contributed by atoms with Crippen molar-refractivity contribution in [3.63, 3.8) is 0 Å². The van der Waals surface area contributed by atoms with Crippen molar-refractivity contribution in [1.29, 1.82) is 0 Å². The lowest BCUT2D eigenvalue weighted by Gasteiger charge is -2.26. The molecule has 0 fully saturated rings. The maximum Gasteiger partial charge on any atom is 0.500 e. The molecule has 1 atom stereocenters. The van der Waals surface area contributed by atoms with Gasteiger partial charge in [0.1, 0.15) is 6.10 Å². The Bertz CT molecular complexity index is 347. The van der Waals surface area contributed by atoms with Gasteiger partial charge in [-0.25, -0.2) is 4.79 Å². The van der Waals surface area contributed by atoms with Crippen molar-refractivity contribution in [2.45, 2.75) is 77.4 Å². The molecule has 1 unspecified atom stereocenters. The summed E-state index contributed by atoms with van der Waals surface area (Å²) < 4.78 is 21.9. The molecular weight excluding hydrogens is 324 g/mol. The molecule has 0 saturated heterocycles. The molecule has 5 nitrogen and oxygen atoms in total. The van der Waals surface area contributed by atoms with Crippen LogP contribution < -0.4 is 0 Å². The number of hydrogen-bond donors (Lipinski definition) is 0. The summed E-state index contributed by atoms with van der Waals surface area (Å²) in [6.45, 7) is 7.54. The molecule has 0 bridgehead atoms. The third-order valence-corrected chi connectivity index (χ3v) is 6.97. The average molecular weight is 361 g/mol. The van der Waals surface area contributed by atoms with E-state index in [1.807, 2.05) is 0 Å². The van der Waals surface area contributed by atoms with Crippen molar-refractivity contribution in [2.75, 3.05) is 21.3 Å². The van der Waals surface area contributed by atoms with E-state index in [1.54, 1.807) is 28.3 Å². The molecule has 0 radical (unpaired) electrons. The number of rotatable bonds is 15. The first kappa shape index (κ1) is 23.3. The average Bonchev–Trinajstić information content (AvgIpc) is 2.59. The number of unbranched alkanes of at least 4 members (excludes halogenated alkanes) is 5. The fraction of sp³-hybridized carbons (Fsp3) is 0.833. The van der Waals surface area contributed by atoms with E-state index in [-0.39, 0.29) is 12.1 Å². The fourth-order valence-corrected chi connectivity index (χ4v) is 4.35. The maximum absolute atomic E-state index is 11.9. The van der Waals surface area contributed by atoms with Gasteiger partial charge in [-0.3, -0.25) is 0 Å². The highest BCUT2D eigenvalue weighted by Crippen LogP contribution is 2.21. The summed E-state index contributed by atoms with van der Waals surface area (Å²) in [5, 5.41) is 0. The standard InChI is InChI=1S/C18H36O5Si/c1-7-8-9-10-11-12-13-17(23-18(19)16(2)3)14-15-24(20-4,21-5)22-6/h17H,2,7-15H2,1,3-6H3. The van der Waals surface area contributed by atoms with Crippen LogP contribution in [0.1, 0.15) is 65.2 Å². The van der Waals surface area contributed by atoms with Crippen LogP contribution in [0.5, 0.6) is 0 Å². The summed E-state index contributed by atoms with van der Waals surface area (Å²) in [6.07, 6.45) is 8.66. The number of hydrogen-bond acceptors (Lipinski definition) is 5. The number of esters is 1. The summed E-state index contributed by atoms with van der Waals surface area (Å²) >= 11 is 0. The third-order valence-electron chi connectivity index (χ3n) is 4.21. The molecule has 0 saturated carbocycles. The molecule has 0 N–H and O–H groups in total. The van der Waals surface area contributed by atoms with Crippen LogP contribution in [0.25, 0.3) is 0 Å². The molecule has 0 heterocycles. The van der Waals surface area contributed by atoms with Crippen LogP contribution in [0, 0.1) is 0 Å². The van der Waals surface area contributed by atoms with Gasteiger partial charge >= 0.3 is 14.8 Å². The van der Waals surface area contributed by atoms with Crippen LogP contribution in [0.15, 0.2) is 12.2 Å². The molecule has 0 rings (SSSR count). The van der Waals surface area contributed by atoms with E-state index in [4.69, 9.17) is 18.0 Å². The van der Waals surface area contributed by atoms with Gasteiger partial charge in [0.15, 0.2) is 0 Å². The van der Waals surface area contributed by atoms with Crippen molar-refractivity contribution in [3.05, 3.63) is 12.2 Å². The normalized spacial score (nSPS) is 12.9. The highest BCUT2D eigenvalue weighted by molar-refractivity contribution is 6.60. The maximum atomic E-state index is 11.9. The van der Waals surface area contributed by atoms with Gasteiger partial charge < -0.3 is 18.0 Å². The zero-order valence-corrected chi connectivity index (χ0v) is 17.2. The first-order valence-corrected chi connectivity index (χ1v) is 10.9. The lowest BCUT2D eigenvalue weighted by molar-refractivity contribution is -0.144. The minimum atomic E-state index is -2.64. The van der Waals surface area contributed by atoms with Gasteiger partial charge in [0.25, 0.3) is 0 Å². The quantitative estimate of drug-likeness (QED) is 0.186. The molecule has 24 heavy (non-hydrogen) atoms. The minimum Gasteiger partial charge on any atom is -0.459 e. The number of ether oxygens (including phenoxy) is 1. The van der Waals surface area contributed by atoms with Crippen LogP contribution in [-0.2, 0) is 22.8 Å². The van der Waals surface area contributed by atoms with Crippen molar-refractivity contribution in [3.8, 4) is 0 Å². The van der Waals surface area contributed by atoms with E-state index in [0.717, 1.165) is 12.8 Å². The van der Waals surface area contributed by atoms with Crippen LogP contribution in [0.3, 0.4) is 0 Å². The van der Waals surface area contributed by atoms with Crippen LogP contribution in [0.4, 0.5) is 0 Å². The van der Waals surface area contributed by atoms with E-state index >= 15 is 0 Å². The summed E-state index contributed by atoms with van der Waals surface area (Å²) in [7, 11) is 2.16. The Hall–Kier alpha value is -0.693. The van der Waals surface area contributed by atoms with Crippen molar-refractivity contribution < 1.29 is 22.8 Å². The molecule has 0 aromatic rings. The van der Waals surface area contributed by atoms with Crippen LogP contribution >= 0.6 is 0 Å². The Morgan fingerprint density at radius 1 is 0.958 bits per heavy atom. The van der Waals surface area contributed by atoms with Gasteiger partial charge in [-0.15, -0.1) is 0 Å². The zero-order valence-electron chi connectivity index (χ0n) is 16.2. The molecule has 6 heteroatoms. The van der Waals surface area contributed by atoms with Crippen molar-refractivity contribution in [1.82, 2.24) is 0 Å². The van der Waals surface area contributed by atoms with Crippen LogP contribution in [-0.4, -0.2) is 42.2 Å². The SMILES string of the molecule is C=C(C)C(=O)OC(CCCCCCCC)CC[Si](OC)(OC)OC. The van der Waals surface area contributed by atoms with Gasteiger partial charge in [0.05, 0.1) is 0 Å². The molecule has 0 spiro atoms. The van der Waals surface area contributed by atoms with Gasteiger partial charge in [-0.2, -0.15) is 0 Å². The summed E-state index contributed by atoms with van der Waals surface area (Å²) in [6, 6.07) is 0.625. The minimum absolute atomic E-state index is 0.146. The van der Waals surface area contributed by atoms with Gasteiger partial charge in [0, 0.05) is 32.9 Å². The Labute approximate surface area is 149 Å². The highest BCUT2D eigenvalue weighted by atomic mass is 28.4. The molecule has 0 aliphatic rings. The summed E-state index contributed by atoms with van der Waals surface area (Å²) in [4.78, 5) is 11.9. The second-order valence-electron chi connectivity index (χ2n) is 6.20. The third kappa shape index (κ3) is 9.57. The highest BCUT2D eigenvalue weighted by Gasteiger charge is 2.38. The summed E-state index contributed by atoms with van der Waals surface area (Å²) in [5.74, 6) is -0.328. The van der Waals surface area contributed by atoms with E-state index in [0.29, 0.717) is 18.0 Å². The molecular formula is C18H36O5Si. The Morgan fingerprint density at radius 3 is 2.00 bits per heavy atom. The first-order valence-electron chi connectivity index (χ1n) is 8.96. The predicted molar refractivity (Wildman–Crippen MR) is 98.9 cm³/mol. The second-order valence-corrected chi connectivity index (χ2v) is 9.29. The van der Waals surface area contributed by atoms with Gasteiger partial charge in [0.2, 0.25) is 0 Å². The molecule has 0 aliphatic heterocycles. The molecule has 0 amide bonds. The smallest absolute Gasteiger partial charge is 0.459 e. The van der Waals surface area contributed by atoms with Gasteiger partial charge in [-0.05, 0) is 26.2 Å². The van der Waals surface area contributed by atoms with Gasteiger partial charge in [-0.1, -0.05) is 45.6 Å². The van der Waals surface area contributed by atoms with Crippen LogP contribution in [0.2, 0.25) is 6.04 Å². The fourth-order valence-electron chi connectivity index (χ4n) is 2.56. The topological polar surface area (TPSA) is 54.0 Å². The van der Waals surface area contributed by atoms with E-state index in [9.17, 15) is 4.79 Å². The number of carbonyl (C=O) groups is 1. The Kier molecular flexibility index (Phi) is 13.2. The monoisotopic (exact) mass is 360 g/mol. The van der Waals surface area contributed by atoms with E-state index in [1.165, 1.54) is 32.1 Å². The lowest BCUT2D eigenvalue weighted by atomic mass is 10.1. The largest absolute Gasteiger partial charge is 0.500 e. The predicted octanol–water partition coefficient (Wildman–Crippen LogP) is 4.49. The summed E-state index contributed by atoms with van der Waals surface area (Å²) in [5.41, 5.74) is 0.427. The molecule has 142 valence electrons. The molecule has 0 aliphatic carbocycles. The van der Waals surface area contributed by atoms with E-state index < -0.39 is 8.80 Å². The Morgan fingerprint density at radius 2 is 1.50 bits per heavy atom. The van der Waals surface area contributed by atoms with Crippen molar-refractivity contribution in [2.24, 2.45) is 0 Å². The van der Waals surface area contributed by atoms with Crippen molar-refractivity contribution >= 4 is 14.8 Å². The molecule has 0 aromatic carbocycles. The zero-order chi connectivity index (χ0) is 18.4.